The molecule has 0 unspecified atom stereocenters. The van der Waals surface area contributed by atoms with Crippen LogP contribution < -0.4 is 15.0 Å². The minimum absolute atomic E-state index is 0.178. The number of amides is 1. The molecule has 0 saturated carbocycles. The van der Waals surface area contributed by atoms with Crippen LogP contribution in [0.3, 0.4) is 0 Å². The number of fused-ring (bicyclic) bond motifs is 1. The van der Waals surface area contributed by atoms with Gasteiger partial charge in [0.25, 0.3) is 5.91 Å². The molecule has 4 aromatic rings. The molecule has 1 fully saturated rings. The Bertz CT molecular complexity index is 1230. The molecule has 3 aromatic heterocycles. The maximum atomic E-state index is 12.6. The van der Waals surface area contributed by atoms with Crippen molar-refractivity contribution in [1.82, 2.24) is 14.4 Å². The quantitative estimate of drug-likeness (QED) is 0.492. The summed E-state index contributed by atoms with van der Waals surface area (Å²) in [6.45, 7) is 4.50. The molecular weight excluding hydrogens is 402 g/mol. The summed E-state index contributed by atoms with van der Waals surface area (Å²) in [5.74, 6) is 1.47. The van der Waals surface area contributed by atoms with Crippen LogP contribution in [0.15, 0.2) is 67.1 Å². The van der Waals surface area contributed by atoms with Gasteiger partial charge in [0.05, 0.1) is 17.6 Å². The highest BCUT2D eigenvalue weighted by atomic mass is 16.5. The summed E-state index contributed by atoms with van der Waals surface area (Å²) in [5, 5.41) is 2.90. The number of anilines is 2. The number of imidazole rings is 1. The van der Waals surface area contributed by atoms with E-state index in [1.165, 1.54) is 18.4 Å². The van der Waals surface area contributed by atoms with Crippen LogP contribution in [0.4, 0.5) is 11.5 Å². The Hall–Kier alpha value is -3.87. The number of nitrogens with zero attached hydrogens (tertiary/aromatic N) is 4. The van der Waals surface area contributed by atoms with Crippen molar-refractivity contribution < 1.29 is 9.53 Å². The third kappa shape index (κ3) is 4.42. The first-order valence-electron chi connectivity index (χ1n) is 10.8. The molecule has 4 heterocycles. The number of rotatable bonds is 6. The van der Waals surface area contributed by atoms with Crippen LogP contribution >= 0.6 is 0 Å². The molecule has 1 aliphatic rings. The summed E-state index contributed by atoms with van der Waals surface area (Å²) in [5.41, 5.74) is 4.16. The van der Waals surface area contributed by atoms with E-state index < -0.39 is 0 Å². The van der Waals surface area contributed by atoms with Crippen LogP contribution in [0.2, 0.25) is 0 Å². The van der Waals surface area contributed by atoms with E-state index in [1.54, 1.807) is 30.5 Å². The average molecular weight is 428 g/mol. The number of hydrogen-bond acceptors (Lipinski definition) is 5. The van der Waals surface area contributed by atoms with Crippen LogP contribution in [0.1, 0.15) is 34.5 Å². The van der Waals surface area contributed by atoms with Gasteiger partial charge in [-0.15, -0.1) is 0 Å². The zero-order valence-electron chi connectivity index (χ0n) is 18.0. The smallest absolute Gasteiger partial charge is 0.255 e. The second-order valence-corrected chi connectivity index (χ2v) is 8.07. The molecule has 1 aromatic carbocycles. The predicted octanol–water partition coefficient (Wildman–Crippen LogP) is 4.47. The van der Waals surface area contributed by atoms with Crippen molar-refractivity contribution in [1.29, 1.82) is 0 Å². The molecular formula is C25H25N5O2. The summed E-state index contributed by atoms with van der Waals surface area (Å²) >= 11 is 0. The van der Waals surface area contributed by atoms with Crippen LogP contribution in [-0.4, -0.2) is 33.4 Å². The number of pyridine rings is 2. The Labute approximate surface area is 186 Å². The van der Waals surface area contributed by atoms with Gasteiger partial charge in [0.1, 0.15) is 23.8 Å². The monoisotopic (exact) mass is 427 g/mol. The Morgan fingerprint density at radius 1 is 1.03 bits per heavy atom. The SMILES string of the molecule is Cc1ccc2nc(COc3ccc(C(=O)Nc4ccc(N5CCCC5)nc4)cc3)cn2c1. The summed E-state index contributed by atoms with van der Waals surface area (Å²) in [7, 11) is 0. The minimum atomic E-state index is -0.178. The molecule has 5 rings (SSSR count). The van der Waals surface area contributed by atoms with E-state index in [9.17, 15) is 4.79 Å². The van der Waals surface area contributed by atoms with E-state index in [0.29, 0.717) is 23.6 Å². The van der Waals surface area contributed by atoms with Crippen molar-refractivity contribution in [2.75, 3.05) is 23.3 Å². The van der Waals surface area contributed by atoms with E-state index in [4.69, 9.17) is 4.74 Å². The lowest BCUT2D eigenvalue weighted by Gasteiger charge is -2.16. The minimum Gasteiger partial charge on any atom is -0.487 e. The van der Waals surface area contributed by atoms with Crippen LogP contribution in [0, 0.1) is 6.92 Å². The zero-order valence-corrected chi connectivity index (χ0v) is 18.0. The van der Waals surface area contributed by atoms with Crippen LogP contribution in [-0.2, 0) is 6.61 Å². The second-order valence-electron chi connectivity index (χ2n) is 8.07. The Kier molecular flexibility index (Phi) is 5.46. The van der Waals surface area contributed by atoms with Gasteiger partial charge in [-0.1, -0.05) is 6.07 Å². The van der Waals surface area contributed by atoms with Gasteiger partial charge < -0.3 is 19.4 Å². The van der Waals surface area contributed by atoms with Crippen LogP contribution in [0.25, 0.3) is 5.65 Å². The first-order valence-corrected chi connectivity index (χ1v) is 10.8. The lowest BCUT2D eigenvalue weighted by molar-refractivity contribution is 0.102. The lowest BCUT2D eigenvalue weighted by atomic mass is 10.2. The fourth-order valence-corrected chi connectivity index (χ4v) is 3.88. The molecule has 162 valence electrons. The highest BCUT2D eigenvalue weighted by molar-refractivity contribution is 6.04. The third-order valence-corrected chi connectivity index (χ3v) is 5.59. The van der Waals surface area contributed by atoms with Crippen molar-refractivity contribution in [2.45, 2.75) is 26.4 Å². The number of ether oxygens (including phenoxy) is 1. The molecule has 0 atom stereocenters. The molecule has 1 saturated heterocycles. The summed E-state index contributed by atoms with van der Waals surface area (Å²) in [6.07, 6.45) is 8.12. The first kappa shape index (κ1) is 20.1. The van der Waals surface area contributed by atoms with Crippen LogP contribution in [0.5, 0.6) is 5.75 Å². The zero-order chi connectivity index (χ0) is 21.9. The standard InChI is InChI=1S/C25H25N5O2/c1-18-4-10-24-27-21(16-30(24)15-18)17-32-22-8-5-19(6-9-22)25(31)28-20-7-11-23(26-14-20)29-12-2-3-13-29/h4-11,14-16H,2-3,12-13,17H2,1H3,(H,28,31). The van der Waals surface area contributed by atoms with Crippen molar-refractivity contribution in [2.24, 2.45) is 0 Å². The molecule has 0 aliphatic carbocycles. The molecule has 1 aliphatic heterocycles. The second kappa shape index (κ2) is 8.70. The summed E-state index contributed by atoms with van der Waals surface area (Å²) < 4.78 is 7.84. The fourth-order valence-electron chi connectivity index (χ4n) is 3.88. The number of carbonyl (C=O) groups is 1. The number of nitrogens with one attached hydrogen (secondary N) is 1. The molecule has 32 heavy (non-hydrogen) atoms. The van der Waals surface area contributed by atoms with Gasteiger partial charge in [0, 0.05) is 31.0 Å². The van der Waals surface area contributed by atoms with E-state index in [-0.39, 0.29) is 5.91 Å². The van der Waals surface area contributed by atoms with Gasteiger partial charge in [0.15, 0.2) is 0 Å². The summed E-state index contributed by atoms with van der Waals surface area (Å²) in [4.78, 5) is 23.9. The maximum Gasteiger partial charge on any atom is 0.255 e. The highest BCUT2D eigenvalue weighted by Crippen LogP contribution is 2.20. The number of aromatic nitrogens is 3. The van der Waals surface area contributed by atoms with Crippen molar-refractivity contribution in [3.05, 3.63) is 83.9 Å². The van der Waals surface area contributed by atoms with E-state index in [0.717, 1.165) is 30.2 Å². The van der Waals surface area contributed by atoms with E-state index in [2.05, 4.69) is 20.2 Å². The van der Waals surface area contributed by atoms with Gasteiger partial charge >= 0.3 is 0 Å². The molecule has 7 nitrogen and oxygen atoms in total. The largest absolute Gasteiger partial charge is 0.487 e. The normalized spacial score (nSPS) is 13.5. The number of hydrogen-bond donors (Lipinski definition) is 1. The van der Waals surface area contributed by atoms with Gasteiger partial charge in [0.2, 0.25) is 0 Å². The fraction of sp³-hybridized carbons (Fsp3) is 0.240. The third-order valence-electron chi connectivity index (χ3n) is 5.59. The Morgan fingerprint density at radius 3 is 2.59 bits per heavy atom. The molecule has 0 radical (unpaired) electrons. The number of benzene rings is 1. The molecule has 1 amide bonds. The summed E-state index contributed by atoms with van der Waals surface area (Å²) in [6, 6.07) is 15.0. The Morgan fingerprint density at radius 2 is 1.84 bits per heavy atom. The highest BCUT2D eigenvalue weighted by Gasteiger charge is 2.13. The Balaban J connectivity index is 1.17. The van der Waals surface area contributed by atoms with Gasteiger partial charge in [-0.25, -0.2) is 9.97 Å². The molecule has 0 spiro atoms. The van der Waals surface area contributed by atoms with Crippen molar-refractivity contribution >= 4 is 23.1 Å². The number of aryl methyl sites for hydroxylation is 1. The van der Waals surface area contributed by atoms with Gasteiger partial charge in [-0.2, -0.15) is 0 Å². The molecule has 7 heteroatoms. The lowest BCUT2D eigenvalue weighted by Crippen LogP contribution is -2.19. The molecule has 1 N–H and O–H groups in total. The van der Waals surface area contributed by atoms with E-state index in [1.807, 2.05) is 48.0 Å². The number of carbonyl (C=O) groups excluding carboxylic acids is 1. The first-order chi connectivity index (χ1) is 15.6. The topological polar surface area (TPSA) is 71.8 Å². The van der Waals surface area contributed by atoms with Crippen molar-refractivity contribution in [3.8, 4) is 5.75 Å². The average Bonchev–Trinajstić information content (AvgIpc) is 3.48. The van der Waals surface area contributed by atoms with E-state index >= 15 is 0 Å². The molecule has 0 bridgehead atoms. The van der Waals surface area contributed by atoms with Gasteiger partial charge in [-0.05, 0) is 67.8 Å². The van der Waals surface area contributed by atoms with Crippen molar-refractivity contribution in [3.63, 3.8) is 0 Å². The predicted molar refractivity (Wildman–Crippen MR) is 124 cm³/mol. The van der Waals surface area contributed by atoms with Gasteiger partial charge in [-0.3, -0.25) is 4.79 Å². The maximum absolute atomic E-state index is 12.6.